The van der Waals surface area contributed by atoms with Gasteiger partial charge in [-0.3, -0.25) is 9.59 Å². The van der Waals surface area contributed by atoms with E-state index >= 15 is 0 Å². The minimum atomic E-state index is -0.254. The Balaban J connectivity index is 1.60. The van der Waals surface area contributed by atoms with Crippen molar-refractivity contribution >= 4 is 17.5 Å². The molecule has 3 N–H and O–H groups in total. The van der Waals surface area contributed by atoms with E-state index < -0.39 is 0 Å². The lowest BCUT2D eigenvalue weighted by Gasteiger charge is -2.09. The minimum absolute atomic E-state index is 0.00349. The van der Waals surface area contributed by atoms with Gasteiger partial charge < -0.3 is 20.5 Å². The van der Waals surface area contributed by atoms with Crippen LogP contribution in [-0.4, -0.2) is 24.0 Å². The molecule has 1 aliphatic rings. The molecule has 2 atom stereocenters. The number of nitrogens with one attached hydrogen (secondary N) is 2. The fourth-order valence-electron chi connectivity index (χ4n) is 2.79. The largest absolute Gasteiger partial charge is 0.504 e. The van der Waals surface area contributed by atoms with Gasteiger partial charge in [0.25, 0.3) is 5.91 Å². The summed E-state index contributed by atoms with van der Waals surface area (Å²) >= 11 is 0. The molecule has 0 bridgehead atoms. The van der Waals surface area contributed by atoms with E-state index in [1.165, 1.54) is 7.11 Å². The third kappa shape index (κ3) is 4.14. The summed E-state index contributed by atoms with van der Waals surface area (Å²) in [7, 11) is 1.48. The molecule has 1 saturated carbocycles. The first kappa shape index (κ1) is 17.8. The summed E-state index contributed by atoms with van der Waals surface area (Å²) in [5.74, 6) is 0.671. The first-order valence-electron chi connectivity index (χ1n) is 8.53. The second-order valence-electron chi connectivity index (χ2n) is 6.58. The van der Waals surface area contributed by atoms with Crippen molar-refractivity contribution in [1.29, 1.82) is 0 Å². The van der Waals surface area contributed by atoms with Crippen molar-refractivity contribution in [3.63, 3.8) is 0 Å². The van der Waals surface area contributed by atoms with E-state index in [2.05, 4.69) is 10.6 Å². The zero-order valence-corrected chi connectivity index (χ0v) is 14.8. The lowest BCUT2D eigenvalue weighted by molar-refractivity contribution is -0.117. The summed E-state index contributed by atoms with van der Waals surface area (Å²) in [4.78, 5) is 24.4. The van der Waals surface area contributed by atoms with Gasteiger partial charge in [-0.15, -0.1) is 0 Å². The number of aromatic hydroxyl groups is 1. The average Bonchev–Trinajstić information content (AvgIpc) is 3.37. The number of amides is 2. The number of methoxy groups -OCH3 is 1. The monoisotopic (exact) mass is 354 g/mol. The number of rotatable bonds is 6. The molecular formula is C20H22N2O4. The first-order valence-corrected chi connectivity index (χ1v) is 8.53. The van der Waals surface area contributed by atoms with Gasteiger partial charge in [-0.25, -0.2) is 0 Å². The fraction of sp³-hybridized carbons (Fsp3) is 0.300. The van der Waals surface area contributed by atoms with Gasteiger partial charge >= 0.3 is 0 Å². The Labute approximate surface area is 152 Å². The maximum atomic E-state index is 12.4. The normalized spacial score (nSPS) is 18.1. The lowest BCUT2D eigenvalue weighted by atomic mass is 10.1. The quantitative estimate of drug-likeness (QED) is 0.744. The number of carbonyl (C=O) groups is 2. The smallest absolute Gasteiger partial charge is 0.251 e. The van der Waals surface area contributed by atoms with Crippen molar-refractivity contribution in [3.8, 4) is 11.5 Å². The molecule has 0 saturated heterocycles. The number of carbonyl (C=O) groups excluding carboxylic acids is 2. The van der Waals surface area contributed by atoms with Crippen LogP contribution in [0.25, 0.3) is 0 Å². The van der Waals surface area contributed by atoms with Crippen molar-refractivity contribution in [2.45, 2.75) is 19.9 Å². The molecule has 3 rings (SSSR count). The summed E-state index contributed by atoms with van der Waals surface area (Å²) < 4.78 is 5.00. The van der Waals surface area contributed by atoms with Gasteiger partial charge in [0.05, 0.1) is 7.11 Å². The summed E-state index contributed by atoms with van der Waals surface area (Å²) in [5, 5.41) is 15.4. The standard InChI is InChI=1S/C20H22N2O4/c1-12-8-16(12)20(25)22-15-5-3-4-14(10-15)19(24)21-11-13-6-7-18(26-2)17(23)9-13/h3-7,9-10,12,16,23H,8,11H2,1-2H3,(H,21,24)(H,22,25)/t12-,16-/m0/s1. The average molecular weight is 354 g/mol. The van der Waals surface area contributed by atoms with Crippen molar-refractivity contribution < 1.29 is 19.4 Å². The summed E-state index contributed by atoms with van der Waals surface area (Å²) in [6.45, 7) is 2.32. The topological polar surface area (TPSA) is 87.7 Å². The molecule has 6 heteroatoms. The molecule has 0 unspecified atom stereocenters. The van der Waals surface area contributed by atoms with Crippen LogP contribution < -0.4 is 15.4 Å². The van der Waals surface area contributed by atoms with Gasteiger partial charge in [0.15, 0.2) is 11.5 Å². The Bertz CT molecular complexity index is 834. The highest BCUT2D eigenvalue weighted by molar-refractivity contribution is 5.98. The maximum Gasteiger partial charge on any atom is 0.251 e. The molecule has 0 aromatic heterocycles. The minimum Gasteiger partial charge on any atom is -0.504 e. The highest BCUT2D eigenvalue weighted by atomic mass is 16.5. The summed E-state index contributed by atoms with van der Waals surface area (Å²) in [6.07, 6.45) is 0.917. The molecule has 2 aromatic rings. The van der Waals surface area contributed by atoms with Crippen LogP contribution in [0, 0.1) is 11.8 Å². The highest BCUT2D eigenvalue weighted by Crippen LogP contribution is 2.38. The summed E-state index contributed by atoms with van der Waals surface area (Å²) in [6, 6.07) is 11.8. The Hall–Kier alpha value is -3.02. The van der Waals surface area contributed by atoms with Gasteiger partial charge in [-0.2, -0.15) is 0 Å². The highest BCUT2D eigenvalue weighted by Gasteiger charge is 2.39. The number of anilines is 1. The molecule has 2 aromatic carbocycles. The van der Waals surface area contributed by atoms with Crippen LogP contribution in [0.4, 0.5) is 5.69 Å². The number of hydrogen-bond donors (Lipinski definition) is 3. The predicted octanol–water partition coefficient (Wildman–Crippen LogP) is 2.93. The Morgan fingerprint density at radius 1 is 1.23 bits per heavy atom. The van der Waals surface area contributed by atoms with E-state index in [1.54, 1.807) is 42.5 Å². The van der Waals surface area contributed by atoms with Crippen LogP contribution in [0.5, 0.6) is 11.5 Å². The molecule has 1 fully saturated rings. The van der Waals surface area contributed by atoms with E-state index in [1.807, 2.05) is 6.92 Å². The van der Waals surface area contributed by atoms with Crippen LogP contribution in [0.3, 0.4) is 0 Å². The number of hydrogen-bond acceptors (Lipinski definition) is 4. The van der Waals surface area contributed by atoms with Gasteiger partial charge in [0, 0.05) is 23.7 Å². The van der Waals surface area contributed by atoms with E-state index in [9.17, 15) is 14.7 Å². The van der Waals surface area contributed by atoms with Gasteiger partial charge in [0.2, 0.25) is 5.91 Å². The molecule has 0 spiro atoms. The van der Waals surface area contributed by atoms with Crippen molar-refractivity contribution in [2.75, 3.05) is 12.4 Å². The molecule has 2 amide bonds. The van der Waals surface area contributed by atoms with Crippen LogP contribution >= 0.6 is 0 Å². The van der Waals surface area contributed by atoms with Crippen LogP contribution in [0.15, 0.2) is 42.5 Å². The third-order valence-electron chi connectivity index (χ3n) is 4.53. The van der Waals surface area contributed by atoms with Crippen LogP contribution in [0.1, 0.15) is 29.3 Å². The number of ether oxygens (including phenoxy) is 1. The zero-order valence-electron chi connectivity index (χ0n) is 14.8. The SMILES string of the molecule is COc1ccc(CNC(=O)c2cccc(NC(=O)[C@H]3C[C@@H]3C)c2)cc1O. The van der Waals surface area contributed by atoms with Crippen molar-refractivity contribution in [2.24, 2.45) is 11.8 Å². The number of phenolic OH excluding ortho intramolecular Hbond substituents is 1. The second-order valence-corrected chi connectivity index (χ2v) is 6.58. The van der Waals surface area contributed by atoms with Crippen LogP contribution in [-0.2, 0) is 11.3 Å². The Morgan fingerprint density at radius 2 is 2.00 bits per heavy atom. The molecule has 0 heterocycles. The van der Waals surface area contributed by atoms with E-state index in [-0.39, 0.29) is 30.0 Å². The fourth-order valence-corrected chi connectivity index (χ4v) is 2.79. The van der Waals surface area contributed by atoms with Crippen LogP contribution in [0.2, 0.25) is 0 Å². The zero-order chi connectivity index (χ0) is 18.7. The Kier molecular flexibility index (Phi) is 5.11. The lowest BCUT2D eigenvalue weighted by Crippen LogP contribution is -2.23. The van der Waals surface area contributed by atoms with E-state index in [0.29, 0.717) is 22.9 Å². The Morgan fingerprint density at radius 3 is 2.65 bits per heavy atom. The second kappa shape index (κ2) is 7.47. The van der Waals surface area contributed by atoms with Crippen molar-refractivity contribution in [3.05, 3.63) is 53.6 Å². The molecular weight excluding hydrogens is 332 g/mol. The molecule has 1 aliphatic carbocycles. The summed E-state index contributed by atoms with van der Waals surface area (Å²) in [5.41, 5.74) is 1.83. The number of benzene rings is 2. The van der Waals surface area contributed by atoms with E-state index in [0.717, 1.165) is 12.0 Å². The molecule has 136 valence electrons. The predicted molar refractivity (Wildman–Crippen MR) is 98.2 cm³/mol. The maximum absolute atomic E-state index is 12.4. The number of phenols is 1. The molecule has 6 nitrogen and oxygen atoms in total. The van der Waals surface area contributed by atoms with Gasteiger partial charge in [-0.1, -0.05) is 19.1 Å². The first-order chi connectivity index (χ1) is 12.5. The molecule has 26 heavy (non-hydrogen) atoms. The van der Waals surface area contributed by atoms with Crippen molar-refractivity contribution in [1.82, 2.24) is 5.32 Å². The van der Waals surface area contributed by atoms with E-state index in [4.69, 9.17) is 4.74 Å². The molecule has 0 radical (unpaired) electrons. The third-order valence-corrected chi connectivity index (χ3v) is 4.53. The van der Waals surface area contributed by atoms with Gasteiger partial charge in [0.1, 0.15) is 0 Å². The molecule has 0 aliphatic heterocycles. The van der Waals surface area contributed by atoms with Gasteiger partial charge in [-0.05, 0) is 48.2 Å².